The molecule has 0 spiro atoms. The molecule has 1 heteroatoms. The Morgan fingerprint density at radius 1 is 0.800 bits per heavy atom. The molecule has 102 valence electrons. The number of benzene rings is 2. The van der Waals surface area contributed by atoms with E-state index in [1.807, 2.05) is 0 Å². The average Bonchev–Trinajstić information content (AvgIpc) is 2.82. The summed E-state index contributed by atoms with van der Waals surface area (Å²) in [6.45, 7) is 0. The Labute approximate surface area is 121 Å². The first-order valence-electron chi connectivity index (χ1n) is 7.81. The molecule has 2 aliphatic rings. The van der Waals surface area contributed by atoms with E-state index in [0.29, 0.717) is 6.04 Å². The first-order chi connectivity index (χ1) is 9.90. The van der Waals surface area contributed by atoms with Crippen molar-refractivity contribution in [2.75, 3.05) is 0 Å². The first kappa shape index (κ1) is 12.2. The summed E-state index contributed by atoms with van der Waals surface area (Å²) in [5.74, 6) is 0.858. The molecule has 1 heterocycles. The van der Waals surface area contributed by atoms with Crippen LogP contribution in [0, 0.1) is 5.92 Å². The zero-order valence-corrected chi connectivity index (χ0v) is 11.8. The largest absolute Gasteiger partial charge is 0.307 e. The van der Waals surface area contributed by atoms with Gasteiger partial charge in [0.1, 0.15) is 0 Å². The van der Waals surface area contributed by atoms with Gasteiger partial charge in [0, 0.05) is 12.1 Å². The summed E-state index contributed by atoms with van der Waals surface area (Å²) in [6, 6.07) is 21.2. The molecule has 4 rings (SSSR count). The number of rotatable bonds is 2. The normalized spacial score (nSPS) is 28.5. The summed E-state index contributed by atoms with van der Waals surface area (Å²) < 4.78 is 0. The fourth-order valence-corrected chi connectivity index (χ4v) is 3.95. The Kier molecular flexibility index (Phi) is 3.08. The number of nitrogens with one attached hydrogen (secondary N) is 1. The molecule has 3 atom stereocenters. The molecule has 1 nitrogen and oxygen atoms in total. The van der Waals surface area contributed by atoms with Crippen LogP contribution in [-0.4, -0.2) is 6.04 Å². The van der Waals surface area contributed by atoms with E-state index in [9.17, 15) is 0 Å². The van der Waals surface area contributed by atoms with Crippen LogP contribution in [0.5, 0.6) is 0 Å². The molecule has 2 fully saturated rings. The van der Waals surface area contributed by atoms with Crippen LogP contribution in [0.2, 0.25) is 0 Å². The van der Waals surface area contributed by atoms with Crippen molar-refractivity contribution in [3.05, 3.63) is 60.2 Å². The lowest BCUT2D eigenvalue weighted by Gasteiger charge is -2.20. The van der Waals surface area contributed by atoms with Crippen LogP contribution in [-0.2, 0) is 0 Å². The van der Waals surface area contributed by atoms with Gasteiger partial charge in [-0.25, -0.2) is 0 Å². The van der Waals surface area contributed by atoms with Gasteiger partial charge in [-0.3, -0.25) is 0 Å². The van der Waals surface area contributed by atoms with Crippen molar-refractivity contribution >= 4 is 0 Å². The summed E-state index contributed by atoms with van der Waals surface area (Å²) >= 11 is 0. The summed E-state index contributed by atoms with van der Waals surface area (Å²) in [5.41, 5.74) is 4.09. The molecule has 1 N–H and O–H groups in total. The van der Waals surface area contributed by atoms with Gasteiger partial charge in [0.25, 0.3) is 0 Å². The van der Waals surface area contributed by atoms with Crippen LogP contribution in [0.15, 0.2) is 54.6 Å². The van der Waals surface area contributed by atoms with Gasteiger partial charge < -0.3 is 5.32 Å². The highest BCUT2D eigenvalue weighted by Crippen LogP contribution is 2.41. The Morgan fingerprint density at radius 3 is 2.30 bits per heavy atom. The summed E-state index contributed by atoms with van der Waals surface area (Å²) in [6.07, 6.45) is 5.55. The van der Waals surface area contributed by atoms with Gasteiger partial charge in [-0.1, -0.05) is 61.0 Å². The third-order valence-electron chi connectivity index (χ3n) is 4.98. The molecule has 3 unspecified atom stereocenters. The van der Waals surface area contributed by atoms with E-state index in [0.717, 1.165) is 12.0 Å². The van der Waals surface area contributed by atoms with Crippen molar-refractivity contribution in [2.24, 2.45) is 5.92 Å². The molecule has 1 saturated carbocycles. The topological polar surface area (TPSA) is 12.0 Å². The monoisotopic (exact) mass is 263 g/mol. The van der Waals surface area contributed by atoms with Crippen molar-refractivity contribution in [3.63, 3.8) is 0 Å². The molecule has 2 aromatic rings. The van der Waals surface area contributed by atoms with Crippen LogP contribution in [0.4, 0.5) is 0 Å². The molecule has 0 aromatic heterocycles. The minimum absolute atomic E-state index is 0.590. The highest BCUT2D eigenvalue weighted by molar-refractivity contribution is 5.63. The van der Waals surface area contributed by atoms with Crippen LogP contribution in [0.25, 0.3) is 11.1 Å². The molecule has 1 aliphatic carbocycles. The molecule has 1 saturated heterocycles. The van der Waals surface area contributed by atoms with Crippen LogP contribution in [0.3, 0.4) is 0 Å². The van der Waals surface area contributed by atoms with Crippen LogP contribution >= 0.6 is 0 Å². The molecule has 0 radical (unpaired) electrons. The molecular weight excluding hydrogens is 242 g/mol. The van der Waals surface area contributed by atoms with E-state index in [-0.39, 0.29) is 0 Å². The average molecular weight is 263 g/mol. The minimum atomic E-state index is 0.590. The lowest BCUT2D eigenvalue weighted by molar-refractivity contribution is 0.387. The van der Waals surface area contributed by atoms with E-state index in [4.69, 9.17) is 0 Å². The molecule has 0 amide bonds. The first-order valence-corrected chi connectivity index (χ1v) is 7.81. The zero-order valence-electron chi connectivity index (χ0n) is 11.8. The van der Waals surface area contributed by atoms with Gasteiger partial charge in [-0.15, -0.1) is 0 Å². The highest BCUT2D eigenvalue weighted by atomic mass is 15.0. The SMILES string of the molecule is c1ccc(-c2ccc(C3NC4CCCC3C4)cc2)cc1. The Balaban J connectivity index is 1.59. The predicted octanol–water partition coefficient (Wildman–Crippen LogP) is 4.56. The van der Waals surface area contributed by atoms with Gasteiger partial charge in [0.15, 0.2) is 0 Å². The standard InChI is InChI=1S/C19H21N/c1-2-5-14(6-3-1)15-9-11-16(12-10-15)19-17-7-4-8-18(13-17)20-19/h1-3,5-6,9-12,17-20H,4,7-8,13H2. The second-order valence-electron chi connectivity index (χ2n) is 6.26. The fourth-order valence-electron chi connectivity index (χ4n) is 3.95. The number of hydrogen-bond donors (Lipinski definition) is 1. The van der Waals surface area contributed by atoms with E-state index in [1.54, 1.807) is 0 Å². The van der Waals surface area contributed by atoms with Gasteiger partial charge in [0.2, 0.25) is 0 Å². The Hall–Kier alpha value is -1.60. The summed E-state index contributed by atoms with van der Waals surface area (Å²) in [7, 11) is 0. The second kappa shape index (κ2) is 5.06. The van der Waals surface area contributed by atoms with E-state index >= 15 is 0 Å². The molecule has 2 bridgehead atoms. The lowest BCUT2D eigenvalue weighted by atomic mass is 9.84. The van der Waals surface area contributed by atoms with Crippen molar-refractivity contribution in [1.82, 2.24) is 5.32 Å². The van der Waals surface area contributed by atoms with Gasteiger partial charge in [0.05, 0.1) is 0 Å². The van der Waals surface area contributed by atoms with Crippen molar-refractivity contribution in [3.8, 4) is 11.1 Å². The number of fused-ring (bicyclic) bond motifs is 2. The zero-order chi connectivity index (χ0) is 13.4. The molecule has 20 heavy (non-hydrogen) atoms. The van der Waals surface area contributed by atoms with E-state index in [1.165, 1.54) is 42.4 Å². The number of hydrogen-bond acceptors (Lipinski definition) is 1. The van der Waals surface area contributed by atoms with Crippen molar-refractivity contribution < 1.29 is 0 Å². The smallest absolute Gasteiger partial charge is 0.0351 e. The van der Waals surface area contributed by atoms with E-state index in [2.05, 4.69) is 59.9 Å². The van der Waals surface area contributed by atoms with E-state index < -0.39 is 0 Å². The summed E-state index contributed by atoms with van der Waals surface area (Å²) in [4.78, 5) is 0. The Morgan fingerprint density at radius 2 is 1.55 bits per heavy atom. The van der Waals surface area contributed by atoms with Crippen LogP contribution in [0.1, 0.15) is 37.3 Å². The van der Waals surface area contributed by atoms with Crippen LogP contribution < -0.4 is 5.32 Å². The lowest BCUT2D eigenvalue weighted by Crippen LogP contribution is -2.23. The summed E-state index contributed by atoms with van der Waals surface area (Å²) in [5, 5.41) is 3.83. The molecule has 1 aliphatic heterocycles. The third-order valence-corrected chi connectivity index (χ3v) is 4.98. The maximum Gasteiger partial charge on any atom is 0.0351 e. The minimum Gasteiger partial charge on any atom is -0.307 e. The molecular formula is C19H21N. The highest BCUT2D eigenvalue weighted by Gasteiger charge is 2.36. The second-order valence-corrected chi connectivity index (χ2v) is 6.26. The van der Waals surface area contributed by atoms with Gasteiger partial charge in [-0.2, -0.15) is 0 Å². The third kappa shape index (κ3) is 2.16. The predicted molar refractivity (Wildman–Crippen MR) is 83.5 cm³/mol. The van der Waals surface area contributed by atoms with Crippen molar-refractivity contribution in [2.45, 2.75) is 37.8 Å². The maximum absolute atomic E-state index is 3.83. The van der Waals surface area contributed by atoms with Crippen molar-refractivity contribution in [1.29, 1.82) is 0 Å². The Bertz CT molecular complexity index is 572. The quantitative estimate of drug-likeness (QED) is 0.837. The molecule has 2 aromatic carbocycles. The van der Waals surface area contributed by atoms with Gasteiger partial charge in [-0.05, 0) is 41.9 Å². The van der Waals surface area contributed by atoms with Gasteiger partial charge >= 0.3 is 0 Å². The maximum atomic E-state index is 3.83. The fraction of sp³-hybridized carbons (Fsp3) is 0.368.